The molecule has 2 nitrogen and oxygen atoms in total. The van der Waals surface area contributed by atoms with E-state index in [1.807, 2.05) is 19.2 Å². The highest BCUT2D eigenvalue weighted by Crippen LogP contribution is 2.36. The van der Waals surface area contributed by atoms with E-state index in [9.17, 15) is 8.78 Å². The minimum absolute atomic E-state index is 0.0320. The van der Waals surface area contributed by atoms with Crippen molar-refractivity contribution in [3.8, 4) is 5.75 Å². The van der Waals surface area contributed by atoms with E-state index >= 15 is 0 Å². The van der Waals surface area contributed by atoms with Crippen LogP contribution in [0.4, 0.5) is 8.78 Å². The Morgan fingerprint density at radius 1 is 1.24 bits per heavy atom. The van der Waals surface area contributed by atoms with Crippen LogP contribution in [0.15, 0.2) is 36.4 Å². The van der Waals surface area contributed by atoms with E-state index in [-0.39, 0.29) is 12.2 Å². The number of fused-ring (bicyclic) bond motifs is 1. The predicted molar refractivity (Wildman–Crippen MR) is 77.3 cm³/mol. The zero-order valence-corrected chi connectivity index (χ0v) is 11.8. The second-order valence-electron chi connectivity index (χ2n) is 5.23. The van der Waals surface area contributed by atoms with Crippen LogP contribution in [0.5, 0.6) is 5.75 Å². The number of ether oxygens (including phenoxy) is 1. The molecule has 0 bridgehead atoms. The van der Waals surface area contributed by atoms with Crippen molar-refractivity contribution in [2.75, 3.05) is 7.05 Å². The van der Waals surface area contributed by atoms with Gasteiger partial charge in [-0.25, -0.2) is 8.78 Å². The number of nitrogens with one attached hydrogen (secondary N) is 1. The van der Waals surface area contributed by atoms with Gasteiger partial charge in [-0.05, 0) is 55.3 Å². The van der Waals surface area contributed by atoms with Crippen molar-refractivity contribution in [1.82, 2.24) is 5.32 Å². The number of benzene rings is 2. The number of hydrogen-bond donors (Lipinski definition) is 1. The molecule has 4 heteroatoms. The van der Waals surface area contributed by atoms with Crippen LogP contribution in [0.1, 0.15) is 29.2 Å². The van der Waals surface area contributed by atoms with Gasteiger partial charge in [0.05, 0.1) is 0 Å². The summed E-state index contributed by atoms with van der Waals surface area (Å²) in [6.45, 7) is 0.0320. The third kappa shape index (κ3) is 2.76. The van der Waals surface area contributed by atoms with E-state index in [0.29, 0.717) is 6.04 Å². The summed E-state index contributed by atoms with van der Waals surface area (Å²) in [5.41, 5.74) is 2.62. The average Bonchev–Trinajstić information content (AvgIpc) is 2.92. The third-order valence-corrected chi connectivity index (χ3v) is 3.97. The van der Waals surface area contributed by atoms with Crippen LogP contribution >= 0.6 is 0 Å². The van der Waals surface area contributed by atoms with Crippen LogP contribution in [-0.2, 0) is 13.0 Å². The summed E-state index contributed by atoms with van der Waals surface area (Å²) in [5, 5.41) is 3.27. The zero-order chi connectivity index (χ0) is 14.8. The van der Waals surface area contributed by atoms with Crippen molar-refractivity contribution in [1.29, 1.82) is 0 Å². The predicted octanol–water partition coefficient (Wildman–Crippen LogP) is 3.75. The Balaban J connectivity index is 1.80. The lowest BCUT2D eigenvalue weighted by Crippen LogP contribution is -2.12. The first-order chi connectivity index (χ1) is 10.2. The molecule has 0 saturated carbocycles. The zero-order valence-electron chi connectivity index (χ0n) is 11.8. The van der Waals surface area contributed by atoms with E-state index in [0.717, 1.165) is 36.3 Å². The first kappa shape index (κ1) is 14.0. The lowest BCUT2D eigenvalue weighted by atomic mass is 10.1. The van der Waals surface area contributed by atoms with Crippen molar-refractivity contribution in [2.24, 2.45) is 0 Å². The van der Waals surface area contributed by atoms with Crippen LogP contribution in [0.2, 0.25) is 0 Å². The van der Waals surface area contributed by atoms with Crippen LogP contribution in [0, 0.1) is 11.6 Å². The maximum atomic E-state index is 13.6. The molecule has 3 rings (SSSR count). The minimum atomic E-state index is -0.455. The van der Waals surface area contributed by atoms with E-state index in [1.165, 1.54) is 11.6 Å². The van der Waals surface area contributed by atoms with Gasteiger partial charge in [0.15, 0.2) is 0 Å². The van der Waals surface area contributed by atoms with Gasteiger partial charge in [0.25, 0.3) is 0 Å². The van der Waals surface area contributed by atoms with Gasteiger partial charge in [0.2, 0.25) is 0 Å². The maximum Gasteiger partial charge on any atom is 0.130 e. The molecule has 2 aromatic rings. The SMILES string of the molecule is CNC1CCc2c(OCc3cc(F)ccc3F)cccc21. The molecule has 21 heavy (non-hydrogen) atoms. The highest BCUT2D eigenvalue weighted by atomic mass is 19.1. The largest absolute Gasteiger partial charge is 0.489 e. The molecule has 1 unspecified atom stereocenters. The Bertz CT molecular complexity index is 657. The molecular formula is C17H17F2NO. The van der Waals surface area contributed by atoms with Gasteiger partial charge >= 0.3 is 0 Å². The van der Waals surface area contributed by atoms with Gasteiger partial charge in [-0.15, -0.1) is 0 Å². The number of halogens is 2. The molecule has 0 aliphatic heterocycles. The quantitative estimate of drug-likeness (QED) is 0.925. The third-order valence-electron chi connectivity index (χ3n) is 3.97. The van der Waals surface area contributed by atoms with Crippen LogP contribution in [-0.4, -0.2) is 7.05 Å². The monoisotopic (exact) mass is 289 g/mol. The summed E-state index contributed by atoms with van der Waals surface area (Å²) in [6, 6.07) is 9.65. The summed E-state index contributed by atoms with van der Waals surface area (Å²) in [5.74, 6) is -0.144. The molecule has 0 amide bonds. The highest BCUT2D eigenvalue weighted by molar-refractivity contribution is 5.45. The summed E-state index contributed by atoms with van der Waals surface area (Å²) in [4.78, 5) is 0. The molecule has 0 fully saturated rings. The molecule has 0 aromatic heterocycles. The summed E-state index contributed by atoms with van der Waals surface area (Å²) < 4.78 is 32.5. The first-order valence-corrected chi connectivity index (χ1v) is 7.05. The van der Waals surface area contributed by atoms with Crippen molar-refractivity contribution < 1.29 is 13.5 Å². The lowest BCUT2D eigenvalue weighted by molar-refractivity contribution is 0.296. The molecule has 1 aliphatic carbocycles. The van der Waals surface area contributed by atoms with Gasteiger partial charge in [-0.1, -0.05) is 12.1 Å². The summed E-state index contributed by atoms with van der Waals surface area (Å²) in [6.07, 6.45) is 1.96. The fourth-order valence-electron chi connectivity index (χ4n) is 2.87. The Morgan fingerprint density at radius 2 is 2.10 bits per heavy atom. The normalized spacial score (nSPS) is 16.8. The fourth-order valence-corrected chi connectivity index (χ4v) is 2.87. The Hall–Kier alpha value is -1.94. The van der Waals surface area contributed by atoms with Crippen LogP contribution < -0.4 is 10.1 Å². The van der Waals surface area contributed by atoms with Gasteiger partial charge in [0, 0.05) is 11.6 Å². The Kier molecular flexibility index (Phi) is 3.88. The second kappa shape index (κ2) is 5.82. The number of rotatable bonds is 4. The Morgan fingerprint density at radius 3 is 2.90 bits per heavy atom. The topological polar surface area (TPSA) is 21.3 Å². The molecular weight excluding hydrogens is 272 g/mol. The second-order valence-corrected chi connectivity index (χ2v) is 5.23. The highest BCUT2D eigenvalue weighted by Gasteiger charge is 2.23. The molecule has 110 valence electrons. The average molecular weight is 289 g/mol. The lowest BCUT2D eigenvalue weighted by Gasteiger charge is -2.13. The first-order valence-electron chi connectivity index (χ1n) is 7.05. The van der Waals surface area contributed by atoms with E-state index in [1.54, 1.807) is 0 Å². The van der Waals surface area contributed by atoms with E-state index < -0.39 is 11.6 Å². The molecule has 0 radical (unpaired) electrons. The maximum absolute atomic E-state index is 13.6. The van der Waals surface area contributed by atoms with E-state index in [4.69, 9.17) is 4.74 Å². The van der Waals surface area contributed by atoms with Crippen LogP contribution in [0.25, 0.3) is 0 Å². The van der Waals surface area contributed by atoms with Crippen molar-refractivity contribution >= 4 is 0 Å². The molecule has 0 heterocycles. The molecule has 0 spiro atoms. The minimum Gasteiger partial charge on any atom is -0.489 e. The molecule has 1 atom stereocenters. The van der Waals surface area contributed by atoms with Crippen molar-refractivity contribution in [3.63, 3.8) is 0 Å². The van der Waals surface area contributed by atoms with Gasteiger partial charge in [0.1, 0.15) is 24.0 Å². The molecule has 0 saturated heterocycles. The van der Waals surface area contributed by atoms with Gasteiger partial charge in [-0.3, -0.25) is 0 Å². The molecule has 1 N–H and O–H groups in total. The number of hydrogen-bond acceptors (Lipinski definition) is 2. The van der Waals surface area contributed by atoms with E-state index in [2.05, 4.69) is 11.4 Å². The fraction of sp³-hybridized carbons (Fsp3) is 0.294. The van der Waals surface area contributed by atoms with Gasteiger partial charge < -0.3 is 10.1 Å². The molecule has 1 aliphatic rings. The molecule has 2 aromatic carbocycles. The van der Waals surface area contributed by atoms with Crippen molar-refractivity contribution in [3.05, 3.63) is 64.7 Å². The summed E-state index contributed by atoms with van der Waals surface area (Å²) in [7, 11) is 1.94. The summed E-state index contributed by atoms with van der Waals surface area (Å²) >= 11 is 0. The smallest absolute Gasteiger partial charge is 0.130 e. The van der Waals surface area contributed by atoms with Crippen molar-refractivity contribution in [2.45, 2.75) is 25.5 Å². The Labute approximate surface area is 122 Å². The standard InChI is InChI=1S/C17H17F2NO/c1-20-16-8-6-14-13(16)3-2-4-17(14)21-10-11-9-12(18)5-7-15(11)19/h2-5,7,9,16,20H,6,8,10H2,1H3. The van der Waals surface area contributed by atoms with Crippen LogP contribution in [0.3, 0.4) is 0 Å². The van der Waals surface area contributed by atoms with Gasteiger partial charge in [-0.2, -0.15) is 0 Å².